The Bertz CT molecular complexity index is 1260. The normalized spacial score (nSPS) is 16.1. The molecule has 0 saturated carbocycles. The molecule has 1 unspecified atom stereocenters. The number of nitrogens with one attached hydrogen (secondary N) is 1. The van der Waals surface area contributed by atoms with Gasteiger partial charge < -0.3 is 19.3 Å². The maximum Gasteiger partial charge on any atom is 0.273 e. The number of thiophene rings is 1. The number of methoxy groups -OCH3 is 1. The van der Waals surface area contributed by atoms with E-state index in [1.54, 1.807) is 30.7 Å². The van der Waals surface area contributed by atoms with Crippen LogP contribution in [0.2, 0.25) is 0 Å². The standard InChI is InChI=1S/C24H25N5O4S/c1-31-17-4-5-18-19(11-17)27-23(14-25-18)32-9-8-29-7-6-16(15-29)13-26-24(30)20-12-21(33-28-20)22-3-2-10-34-22/h2-5,10-12,14,16H,6-9,13,15H2,1H3,(H,26,30). The summed E-state index contributed by atoms with van der Waals surface area (Å²) in [4.78, 5) is 24.6. The largest absolute Gasteiger partial charge is 0.497 e. The lowest BCUT2D eigenvalue weighted by atomic mass is 10.1. The summed E-state index contributed by atoms with van der Waals surface area (Å²) >= 11 is 1.55. The van der Waals surface area contributed by atoms with E-state index in [1.807, 2.05) is 35.7 Å². The Morgan fingerprint density at radius 3 is 3.09 bits per heavy atom. The zero-order chi connectivity index (χ0) is 23.3. The Morgan fingerprint density at radius 1 is 1.29 bits per heavy atom. The molecule has 0 aliphatic carbocycles. The lowest BCUT2D eigenvalue weighted by molar-refractivity contribution is 0.0938. The van der Waals surface area contributed by atoms with Crippen LogP contribution in [0.25, 0.3) is 21.7 Å². The van der Waals surface area contributed by atoms with Gasteiger partial charge in [0.1, 0.15) is 12.4 Å². The van der Waals surface area contributed by atoms with Crippen LogP contribution in [-0.4, -0.2) is 65.8 Å². The maximum atomic E-state index is 12.4. The predicted molar refractivity (Wildman–Crippen MR) is 128 cm³/mol. The van der Waals surface area contributed by atoms with Crippen molar-refractivity contribution in [2.45, 2.75) is 6.42 Å². The van der Waals surface area contributed by atoms with Crippen LogP contribution in [0.15, 0.2) is 52.5 Å². The van der Waals surface area contributed by atoms with Crippen molar-refractivity contribution in [2.24, 2.45) is 5.92 Å². The molecule has 1 atom stereocenters. The summed E-state index contributed by atoms with van der Waals surface area (Å²) < 4.78 is 16.4. The van der Waals surface area contributed by atoms with Crippen molar-refractivity contribution >= 4 is 28.3 Å². The first-order valence-corrected chi connectivity index (χ1v) is 12.0. The third-order valence-electron chi connectivity index (χ3n) is 5.81. The minimum atomic E-state index is -0.208. The van der Waals surface area contributed by atoms with E-state index in [0.717, 1.165) is 47.7 Å². The molecule has 34 heavy (non-hydrogen) atoms. The highest BCUT2D eigenvalue weighted by molar-refractivity contribution is 7.13. The van der Waals surface area contributed by atoms with E-state index in [1.165, 1.54) is 0 Å². The molecule has 1 N–H and O–H groups in total. The zero-order valence-electron chi connectivity index (χ0n) is 18.8. The maximum absolute atomic E-state index is 12.4. The number of rotatable bonds is 9. The molecule has 1 aliphatic rings. The molecule has 10 heteroatoms. The second kappa shape index (κ2) is 10.2. The summed E-state index contributed by atoms with van der Waals surface area (Å²) in [5, 5.41) is 8.85. The topological polar surface area (TPSA) is 103 Å². The lowest BCUT2D eigenvalue weighted by Crippen LogP contribution is -2.32. The molecule has 0 radical (unpaired) electrons. The summed E-state index contributed by atoms with van der Waals surface area (Å²) in [7, 11) is 1.63. The summed E-state index contributed by atoms with van der Waals surface area (Å²) in [6.45, 7) is 3.79. The molecule has 1 saturated heterocycles. The highest BCUT2D eigenvalue weighted by Crippen LogP contribution is 2.25. The van der Waals surface area contributed by atoms with Crippen molar-refractivity contribution in [2.75, 3.05) is 39.9 Å². The van der Waals surface area contributed by atoms with Gasteiger partial charge in [-0.1, -0.05) is 11.2 Å². The van der Waals surface area contributed by atoms with Crippen molar-refractivity contribution < 1.29 is 18.8 Å². The van der Waals surface area contributed by atoms with E-state index >= 15 is 0 Å². The third-order valence-corrected chi connectivity index (χ3v) is 6.70. The van der Waals surface area contributed by atoms with Crippen molar-refractivity contribution in [3.63, 3.8) is 0 Å². The van der Waals surface area contributed by atoms with Gasteiger partial charge in [-0.25, -0.2) is 9.97 Å². The summed E-state index contributed by atoms with van der Waals surface area (Å²) in [5.74, 6) is 2.03. The molecule has 1 amide bonds. The van der Waals surface area contributed by atoms with E-state index in [9.17, 15) is 4.79 Å². The van der Waals surface area contributed by atoms with E-state index in [0.29, 0.717) is 36.4 Å². The van der Waals surface area contributed by atoms with Gasteiger partial charge in [0.2, 0.25) is 5.88 Å². The average Bonchev–Trinajstić information content (AvgIpc) is 3.64. The number of benzene rings is 1. The number of amides is 1. The number of carbonyl (C=O) groups is 1. The molecule has 0 bridgehead atoms. The molecule has 176 valence electrons. The first-order chi connectivity index (χ1) is 16.7. The lowest BCUT2D eigenvalue weighted by Gasteiger charge is -2.16. The van der Waals surface area contributed by atoms with Gasteiger partial charge in [-0.05, 0) is 42.5 Å². The molecule has 1 fully saturated rings. The number of ether oxygens (including phenoxy) is 2. The van der Waals surface area contributed by atoms with Crippen molar-refractivity contribution in [1.82, 2.24) is 25.3 Å². The highest BCUT2D eigenvalue weighted by atomic mass is 32.1. The Kier molecular flexibility index (Phi) is 6.68. The number of aromatic nitrogens is 3. The molecule has 0 spiro atoms. The number of carbonyl (C=O) groups excluding carboxylic acids is 1. The smallest absolute Gasteiger partial charge is 0.273 e. The fourth-order valence-electron chi connectivity index (χ4n) is 3.98. The van der Waals surface area contributed by atoms with Crippen LogP contribution in [-0.2, 0) is 0 Å². The van der Waals surface area contributed by atoms with Gasteiger partial charge in [-0.15, -0.1) is 11.3 Å². The zero-order valence-corrected chi connectivity index (χ0v) is 19.6. The van der Waals surface area contributed by atoms with Gasteiger partial charge in [0.15, 0.2) is 11.5 Å². The van der Waals surface area contributed by atoms with Crippen LogP contribution in [0.4, 0.5) is 0 Å². The monoisotopic (exact) mass is 479 g/mol. The Morgan fingerprint density at radius 2 is 2.24 bits per heavy atom. The van der Waals surface area contributed by atoms with Gasteiger partial charge in [0.05, 0.1) is 29.2 Å². The van der Waals surface area contributed by atoms with E-state index < -0.39 is 0 Å². The Balaban J connectivity index is 1.05. The minimum absolute atomic E-state index is 0.208. The Labute approximate surface area is 200 Å². The molecule has 4 heterocycles. The fraction of sp³-hybridized carbons (Fsp3) is 0.333. The minimum Gasteiger partial charge on any atom is -0.497 e. The third kappa shape index (κ3) is 5.18. The van der Waals surface area contributed by atoms with Crippen molar-refractivity contribution in [3.05, 3.63) is 53.7 Å². The Hall–Kier alpha value is -3.50. The van der Waals surface area contributed by atoms with Gasteiger partial charge in [-0.2, -0.15) is 0 Å². The van der Waals surface area contributed by atoms with E-state index in [2.05, 4.69) is 25.3 Å². The summed E-state index contributed by atoms with van der Waals surface area (Å²) in [6, 6.07) is 11.1. The quantitative estimate of drug-likeness (QED) is 0.389. The van der Waals surface area contributed by atoms with Crippen LogP contribution in [0.5, 0.6) is 11.6 Å². The number of likely N-dealkylation sites (tertiary alicyclic amines) is 1. The van der Waals surface area contributed by atoms with Gasteiger partial charge in [0.25, 0.3) is 5.91 Å². The highest BCUT2D eigenvalue weighted by Gasteiger charge is 2.23. The summed E-state index contributed by atoms with van der Waals surface area (Å²) in [5.41, 5.74) is 1.84. The van der Waals surface area contributed by atoms with Crippen molar-refractivity contribution in [3.8, 4) is 22.3 Å². The molecular formula is C24H25N5O4S. The van der Waals surface area contributed by atoms with Gasteiger partial charge >= 0.3 is 0 Å². The van der Waals surface area contributed by atoms with Gasteiger partial charge in [0, 0.05) is 31.8 Å². The SMILES string of the molecule is COc1ccc2ncc(OCCN3CCC(CNC(=O)c4cc(-c5cccs5)on4)C3)nc2c1. The van der Waals surface area contributed by atoms with E-state index in [-0.39, 0.29) is 5.91 Å². The number of fused-ring (bicyclic) bond motifs is 1. The number of hydrogen-bond acceptors (Lipinski definition) is 9. The fourth-order valence-corrected chi connectivity index (χ4v) is 4.65. The molecule has 9 nitrogen and oxygen atoms in total. The number of nitrogens with zero attached hydrogens (tertiary/aromatic N) is 4. The molecule has 4 aromatic rings. The van der Waals surface area contributed by atoms with Crippen molar-refractivity contribution in [1.29, 1.82) is 0 Å². The van der Waals surface area contributed by atoms with E-state index in [4.69, 9.17) is 14.0 Å². The first kappa shape index (κ1) is 22.3. The second-order valence-corrected chi connectivity index (χ2v) is 9.08. The molecule has 3 aromatic heterocycles. The van der Waals surface area contributed by atoms with Crippen LogP contribution in [0.3, 0.4) is 0 Å². The first-order valence-electron chi connectivity index (χ1n) is 11.1. The molecule has 1 aromatic carbocycles. The number of hydrogen-bond donors (Lipinski definition) is 1. The van der Waals surface area contributed by atoms with Crippen LogP contribution >= 0.6 is 11.3 Å². The van der Waals surface area contributed by atoms with Crippen LogP contribution < -0.4 is 14.8 Å². The summed E-state index contributed by atoms with van der Waals surface area (Å²) in [6.07, 6.45) is 2.67. The molecule has 1 aliphatic heterocycles. The van der Waals surface area contributed by atoms with Gasteiger partial charge in [-0.3, -0.25) is 9.69 Å². The second-order valence-electron chi connectivity index (χ2n) is 8.13. The molecular weight excluding hydrogens is 454 g/mol. The average molecular weight is 480 g/mol. The van der Waals surface area contributed by atoms with Crippen LogP contribution in [0.1, 0.15) is 16.9 Å². The predicted octanol–water partition coefficient (Wildman–Crippen LogP) is 3.49. The van der Waals surface area contributed by atoms with Crippen LogP contribution in [0, 0.1) is 5.92 Å². The molecule has 5 rings (SSSR count).